The third-order valence-corrected chi connectivity index (χ3v) is 4.06. The summed E-state index contributed by atoms with van der Waals surface area (Å²) in [6, 6.07) is 0. The van der Waals surface area contributed by atoms with Crippen LogP contribution in [-0.2, 0) is 18.6 Å². The molecule has 0 bridgehead atoms. The van der Waals surface area contributed by atoms with Gasteiger partial charge in [0.1, 0.15) is 12.6 Å². The Morgan fingerprint density at radius 1 is 0.935 bits per heavy atom. The van der Waals surface area contributed by atoms with Gasteiger partial charge in [-0.2, -0.15) is 0 Å². The van der Waals surface area contributed by atoms with Crippen LogP contribution in [-0.4, -0.2) is 40.1 Å². The van der Waals surface area contributed by atoms with Crippen molar-refractivity contribution in [2.45, 2.75) is 77.2 Å². The Kier molecular flexibility index (Phi) is 14.1. The Hall–Kier alpha value is -1.50. The van der Waals surface area contributed by atoms with E-state index in [1.807, 2.05) is 24.3 Å². The summed E-state index contributed by atoms with van der Waals surface area (Å²) in [5.41, 5.74) is 0. The monoisotopic (exact) mass is 463 g/mol. The van der Waals surface area contributed by atoms with E-state index in [9.17, 15) is 14.5 Å². The van der Waals surface area contributed by atoms with Gasteiger partial charge in [-0.3, -0.25) is 9.32 Å². The Balaban J connectivity index is 4.22. The summed E-state index contributed by atoms with van der Waals surface area (Å²) in [6.45, 7) is -5.34. The van der Waals surface area contributed by atoms with Crippen LogP contribution in [0.15, 0.2) is 48.6 Å². The lowest BCUT2D eigenvalue weighted by atomic mass is 10.2. The summed E-state index contributed by atoms with van der Waals surface area (Å²) in [5.74, 6) is -1.16. The SMILES string of the molecule is [2H]C([2H])(OC(=O)CCC/C=C\C/C=C\C/C=C\C/C=C\CCCCC)C([2H])(O)C([2H])([2H])OP(=O)(O)O. The number of phosphoric ester groups is 1. The minimum Gasteiger partial charge on any atom is -0.463 e. The molecule has 0 aromatic heterocycles. The van der Waals surface area contributed by atoms with Crippen LogP contribution in [0.4, 0.5) is 0 Å². The summed E-state index contributed by atoms with van der Waals surface area (Å²) in [7, 11) is -5.52. The van der Waals surface area contributed by atoms with Gasteiger partial charge in [0.25, 0.3) is 0 Å². The molecule has 0 aromatic rings. The fourth-order valence-electron chi connectivity index (χ4n) is 2.21. The predicted molar refractivity (Wildman–Crippen MR) is 123 cm³/mol. The van der Waals surface area contributed by atoms with E-state index in [4.69, 9.17) is 16.6 Å². The number of allylic oxidation sites excluding steroid dienone is 8. The molecule has 178 valence electrons. The van der Waals surface area contributed by atoms with E-state index in [1.165, 1.54) is 19.3 Å². The molecule has 0 saturated carbocycles. The Labute approximate surface area is 193 Å². The second-order valence-electron chi connectivity index (χ2n) is 6.59. The fourth-order valence-corrected chi connectivity index (χ4v) is 2.41. The molecule has 0 aliphatic heterocycles. The van der Waals surface area contributed by atoms with Crippen LogP contribution in [0.1, 0.15) is 78.0 Å². The predicted octanol–water partition coefficient (Wildman–Crippen LogP) is 5.15. The lowest BCUT2D eigenvalue weighted by Crippen LogP contribution is -2.23. The molecular formula is C23H39O7P. The minimum atomic E-state index is -5.52. The minimum absolute atomic E-state index is 0.270. The third-order valence-electron chi connectivity index (χ3n) is 3.73. The number of esters is 1. The van der Waals surface area contributed by atoms with Gasteiger partial charge in [-0.15, -0.1) is 0 Å². The molecule has 0 rings (SSSR count). The normalized spacial score (nSPS) is 18.1. The number of unbranched alkanes of at least 4 members (excludes halogenated alkanes) is 4. The lowest BCUT2D eigenvalue weighted by Gasteiger charge is -2.12. The zero-order chi connectivity index (χ0) is 27.7. The molecule has 0 heterocycles. The maximum atomic E-state index is 11.9. The molecule has 0 amide bonds. The van der Waals surface area contributed by atoms with Crippen molar-refractivity contribution in [3.63, 3.8) is 0 Å². The van der Waals surface area contributed by atoms with Crippen molar-refractivity contribution in [2.75, 3.05) is 13.1 Å². The van der Waals surface area contributed by atoms with Crippen molar-refractivity contribution < 1.29 is 40.4 Å². The van der Waals surface area contributed by atoms with Crippen molar-refractivity contribution in [3.8, 4) is 0 Å². The molecule has 0 fully saturated rings. The van der Waals surface area contributed by atoms with Gasteiger partial charge in [0.05, 0.1) is 13.4 Å². The van der Waals surface area contributed by atoms with Crippen molar-refractivity contribution in [3.05, 3.63) is 48.6 Å². The number of hydrogen-bond acceptors (Lipinski definition) is 5. The van der Waals surface area contributed by atoms with Crippen LogP contribution >= 0.6 is 7.82 Å². The highest BCUT2D eigenvalue weighted by molar-refractivity contribution is 7.46. The first kappa shape index (κ1) is 21.4. The molecule has 0 aromatic carbocycles. The van der Waals surface area contributed by atoms with Crippen LogP contribution in [0.25, 0.3) is 0 Å². The van der Waals surface area contributed by atoms with Crippen molar-refractivity contribution in [2.24, 2.45) is 0 Å². The number of ether oxygens (including phenoxy) is 1. The van der Waals surface area contributed by atoms with Gasteiger partial charge in [0.2, 0.25) is 0 Å². The van der Waals surface area contributed by atoms with E-state index in [-0.39, 0.29) is 12.8 Å². The van der Waals surface area contributed by atoms with Crippen molar-refractivity contribution >= 4 is 13.8 Å². The Morgan fingerprint density at radius 2 is 1.45 bits per heavy atom. The number of carbonyl (C=O) groups excluding carboxylic acids is 1. The van der Waals surface area contributed by atoms with E-state index in [2.05, 4.69) is 40.5 Å². The van der Waals surface area contributed by atoms with Crippen LogP contribution in [0.2, 0.25) is 0 Å². The molecule has 0 saturated heterocycles. The highest BCUT2D eigenvalue weighted by Gasteiger charge is 2.17. The zero-order valence-electron chi connectivity index (χ0n) is 23.1. The van der Waals surface area contributed by atoms with E-state index in [0.29, 0.717) is 12.8 Å². The van der Waals surface area contributed by atoms with Crippen LogP contribution in [0.5, 0.6) is 0 Å². The van der Waals surface area contributed by atoms with E-state index >= 15 is 0 Å². The molecule has 0 aliphatic rings. The molecular weight excluding hydrogens is 419 g/mol. The molecule has 31 heavy (non-hydrogen) atoms. The van der Waals surface area contributed by atoms with Gasteiger partial charge in [-0.05, 0) is 44.9 Å². The molecule has 7 nitrogen and oxygen atoms in total. The van der Waals surface area contributed by atoms with E-state index in [0.717, 1.165) is 19.3 Å². The lowest BCUT2D eigenvalue weighted by molar-refractivity contribution is -0.147. The first-order chi connectivity index (χ1) is 16.7. The third kappa shape index (κ3) is 24.6. The van der Waals surface area contributed by atoms with Crippen LogP contribution in [0.3, 0.4) is 0 Å². The first-order valence-electron chi connectivity index (χ1n) is 13.0. The molecule has 3 N–H and O–H groups in total. The van der Waals surface area contributed by atoms with E-state index < -0.39 is 33.0 Å². The molecule has 0 radical (unpaired) electrons. The van der Waals surface area contributed by atoms with Crippen LogP contribution in [0, 0.1) is 0 Å². The highest BCUT2D eigenvalue weighted by atomic mass is 31.2. The molecule has 0 spiro atoms. The van der Waals surface area contributed by atoms with Gasteiger partial charge in [0, 0.05) is 6.42 Å². The topological polar surface area (TPSA) is 113 Å². The summed E-state index contributed by atoms with van der Waals surface area (Å²) in [5, 5.41) is 9.85. The van der Waals surface area contributed by atoms with Gasteiger partial charge in [0.15, 0.2) is 0 Å². The summed E-state index contributed by atoms with van der Waals surface area (Å²) in [6.07, 6.45) is 20.3. The summed E-state index contributed by atoms with van der Waals surface area (Å²) in [4.78, 5) is 29.2. The van der Waals surface area contributed by atoms with Gasteiger partial charge in [-0.1, -0.05) is 68.4 Å². The second kappa shape index (κ2) is 20.4. The second-order valence-corrected chi connectivity index (χ2v) is 7.75. The van der Waals surface area contributed by atoms with E-state index in [1.54, 1.807) is 0 Å². The van der Waals surface area contributed by atoms with Gasteiger partial charge in [-0.25, -0.2) is 4.57 Å². The molecule has 0 aliphatic carbocycles. The van der Waals surface area contributed by atoms with Crippen LogP contribution < -0.4 is 0 Å². The fraction of sp³-hybridized carbons (Fsp3) is 0.609. The van der Waals surface area contributed by atoms with Gasteiger partial charge >= 0.3 is 13.8 Å². The van der Waals surface area contributed by atoms with Crippen molar-refractivity contribution in [1.82, 2.24) is 0 Å². The average molecular weight is 464 g/mol. The quantitative estimate of drug-likeness (QED) is 0.105. The smallest absolute Gasteiger partial charge is 0.463 e. The average Bonchev–Trinajstić information content (AvgIpc) is 2.73. The first-order valence-corrected chi connectivity index (χ1v) is 12.0. The zero-order valence-corrected chi connectivity index (χ0v) is 19.0. The number of hydrogen-bond donors (Lipinski definition) is 3. The largest absolute Gasteiger partial charge is 0.469 e. The number of carbonyl (C=O) groups is 1. The number of phosphoric acid groups is 1. The Bertz CT molecular complexity index is 805. The molecule has 8 heteroatoms. The maximum Gasteiger partial charge on any atom is 0.469 e. The number of aliphatic hydroxyl groups is 1. The molecule has 1 unspecified atom stereocenters. The summed E-state index contributed by atoms with van der Waals surface area (Å²) < 4.78 is 55.9. The molecule has 1 atom stereocenters. The van der Waals surface area contributed by atoms with Crippen molar-refractivity contribution in [1.29, 1.82) is 0 Å². The standard InChI is InChI=1S/C23H39O7P/c1-2-3-4-5-6-7-8-9-10-11-12-13-14-15-16-17-18-19-23(25)29-20-22(24)21-30-31(26,27)28/h6-7,9-10,12-13,15-16,22,24H,2-5,8,11,14,17-21H2,1H3,(H2,26,27,28)/b7-6-,10-9-,13-12-,16-15-/i20D2,21D2,22D. The summed E-state index contributed by atoms with van der Waals surface area (Å²) >= 11 is 0. The maximum absolute atomic E-state index is 11.9. The highest BCUT2D eigenvalue weighted by Crippen LogP contribution is 2.35. The van der Waals surface area contributed by atoms with Gasteiger partial charge < -0.3 is 19.6 Å². The number of rotatable bonds is 19. The Morgan fingerprint density at radius 3 is 1.97 bits per heavy atom.